The molecule has 1 atom stereocenters. The standard InChI is InChI=1S/C26H31N3O5/c1-32-15-14-28(26(31)19-8-9-19)17-25(30)29-23(21-6-4-5-7-24(21)34-3)16-22(27-29)18-10-12-20(33-2)13-11-18/h4-7,10-13,19,23H,8-9,14-17H2,1-3H3/t23-/m1/s1. The first-order chi connectivity index (χ1) is 16.5. The Morgan fingerprint density at radius 1 is 1.03 bits per heavy atom. The summed E-state index contributed by atoms with van der Waals surface area (Å²) in [5.41, 5.74) is 2.59. The molecule has 0 spiro atoms. The molecule has 0 unspecified atom stereocenters. The lowest BCUT2D eigenvalue weighted by molar-refractivity contribution is -0.142. The summed E-state index contributed by atoms with van der Waals surface area (Å²) < 4.78 is 16.0. The maximum Gasteiger partial charge on any atom is 0.262 e. The van der Waals surface area contributed by atoms with Crippen molar-refractivity contribution in [3.8, 4) is 11.5 Å². The van der Waals surface area contributed by atoms with E-state index in [2.05, 4.69) is 0 Å². The molecule has 8 heteroatoms. The van der Waals surface area contributed by atoms with Crippen LogP contribution in [-0.2, 0) is 14.3 Å². The van der Waals surface area contributed by atoms with Crippen LogP contribution in [0.15, 0.2) is 53.6 Å². The molecule has 8 nitrogen and oxygen atoms in total. The van der Waals surface area contributed by atoms with Crippen LogP contribution in [0.4, 0.5) is 0 Å². The lowest BCUT2D eigenvalue weighted by Crippen LogP contribution is -2.43. The van der Waals surface area contributed by atoms with Gasteiger partial charge in [-0.3, -0.25) is 9.59 Å². The maximum absolute atomic E-state index is 13.6. The number of amides is 2. The maximum atomic E-state index is 13.6. The van der Waals surface area contributed by atoms with Gasteiger partial charge in [0.2, 0.25) is 5.91 Å². The SMILES string of the molecule is COCCN(CC(=O)N1N=C(c2ccc(OC)cc2)C[C@@H]1c1ccccc1OC)C(=O)C1CC1. The fraction of sp³-hybridized carbons (Fsp3) is 0.423. The van der Waals surface area contributed by atoms with E-state index in [1.807, 2.05) is 48.5 Å². The Bertz CT molecular complexity index is 1050. The van der Waals surface area contributed by atoms with E-state index in [-0.39, 0.29) is 30.3 Å². The lowest BCUT2D eigenvalue weighted by Gasteiger charge is -2.27. The highest BCUT2D eigenvalue weighted by Crippen LogP contribution is 2.38. The number of hydrogen-bond acceptors (Lipinski definition) is 6. The summed E-state index contributed by atoms with van der Waals surface area (Å²) in [6, 6.07) is 14.9. The van der Waals surface area contributed by atoms with Crippen molar-refractivity contribution in [3.63, 3.8) is 0 Å². The van der Waals surface area contributed by atoms with E-state index in [1.165, 1.54) is 5.01 Å². The zero-order chi connectivity index (χ0) is 24.1. The zero-order valence-electron chi connectivity index (χ0n) is 19.9. The quantitative estimate of drug-likeness (QED) is 0.538. The Balaban J connectivity index is 1.63. The van der Waals surface area contributed by atoms with E-state index < -0.39 is 0 Å². The summed E-state index contributed by atoms with van der Waals surface area (Å²) in [4.78, 5) is 27.9. The normalized spacial score (nSPS) is 17.3. The van der Waals surface area contributed by atoms with E-state index in [0.29, 0.717) is 25.3 Å². The van der Waals surface area contributed by atoms with E-state index in [0.717, 1.165) is 35.4 Å². The highest BCUT2D eigenvalue weighted by Gasteiger charge is 2.38. The first-order valence-electron chi connectivity index (χ1n) is 11.5. The first kappa shape index (κ1) is 23.8. The van der Waals surface area contributed by atoms with Gasteiger partial charge in [0, 0.05) is 31.6 Å². The number of methoxy groups -OCH3 is 3. The van der Waals surface area contributed by atoms with Crippen molar-refractivity contribution < 1.29 is 23.8 Å². The second-order valence-corrected chi connectivity index (χ2v) is 8.50. The fourth-order valence-electron chi connectivity index (χ4n) is 4.18. The second kappa shape index (κ2) is 10.7. The van der Waals surface area contributed by atoms with Crippen LogP contribution >= 0.6 is 0 Å². The Kier molecular flexibility index (Phi) is 7.47. The number of hydrazone groups is 1. The third-order valence-corrected chi connectivity index (χ3v) is 6.22. The van der Waals surface area contributed by atoms with Gasteiger partial charge in [-0.1, -0.05) is 18.2 Å². The Hall–Kier alpha value is -3.39. The van der Waals surface area contributed by atoms with Gasteiger partial charge in [-0.25, -0.2) is 5.01 Å². The number of benzene rings is 2. The molecule has 1 aliphatic carbocycles. The Labute approximate surface area is 200 Å². The minimum atomic E-state index is -0.332. The molecule has 4 rings (SSSR count). The number of rotatable bonds is 10. The molecular weight excluding hydrogens is 434 g/mol. The van der Waals surface area contributed by atoms with Gasteiger partial charge in [0.25, 0.3) is 5.91 Å². The number of nitrogens with zero attached hydrogens (tertiary/aromatic N) is 3. The number of ether oxygens (including phenoxy) is 3. The summed E-state index contributed by atoms with van der Waals surface area (Å²) >= 11 is 0. The molecule has 1 fully saturated rings. The number of para-hydroxylation sites is 1. The van der Waals surface area contributed by atoms with Crippen LogP contribution in [0.2, 0.25) is 0 Å². The van der Waals surface area contributed by atoms with Gasteiger partial charge in [0.05, 0.1) is 32.6 Å². The highest BCUT2D eigenvalue weighted by atomic mass is 16.5. The average Bonchev–Trinajstić information content (AvgIpc) is 3.64. The van der Waals surface area contributed by atoms with E-state index in [9.17, 15) is 9.59 Å². The van der Waals surface area contributed by atoms with Crippen LogP contribution in [0.1, 0.15) is 36.4 Å². The van der Waals surface area contributed by atoms with E-state index >= 15 is 0 Å². The van der Waals surface area contributed by atoms with Crippen molar-refractivity contribution >= 4 is 17.5 Å². The monoisotopic (exact) mass is 465 g/mol. The van der Waals surface area contributed by atoms with Crippen LogP contribution in [0, 0.1) is 5.92 Å². The summed E-state index contributed by atoms with van der Waals surface area (Å²) in [6.45, 7) is 0.714. The van der Waals surface area contributed by atoms with Gasteiger partial charge in [0.15, 0.2) is 0 Å². The average molecular weight is 466 g/mol. The predicted octanol–water partition coefficient (Wildman–Crippen LogP) is 3.27. The summed E-state index contributed by atoms with van der Waals surface area (Å²) in [7, 11) is 4.83. The smallest absolute Gasteiger partial charge is 0.262 e. The van der Waals surface area contributed by atoms with Crippen molar-refractivity contribution in [1.29, 1.82) is 0 Å². The summed E-state index contributed by atoms with van der Waals surface area (Å²) in [5, 5.41) is 6.25. The molecule has 2 aromatic carbocycles. The lowest BCUT2D eigenvalue weighted by atomic mass is 9.97. The van der Waals surface area contributed by atoms with Gasteiger partial charge in [-0.2, -0.15) is 5.10 Å². The molecule has 2 amide bonds. The first-order valence-corrected chi connectivity index (χ1v) is 11.5. The van der Waals surface area contributed by atoms with Crippen LogP contribution < -0.4 is 9.47 Å². The molecular formula is C26H31N3O5. The van der Waals surface area contributed by atoms with Crippen molar-refractivity contribution in [1.82, 2.24) is 9.91 Å². The molecule has 180 valence electrons. The minimum Gasteiger partial charge on any atom is -0.497 e. The third kappa shape index (κ3) is 5.22. The largest absolute Gasteiger partial charge is 0.497 e. The molecule has 1 saturated carbocycles. The molecule has 0 radical (unpaired) electrons. The van der Waals surface area contributed by atoms with Crippen LogP contribution in [0.3, 0.4) is 0 Å². The molecule has 34 heavy (non-hydrogen) atoms. The molecule has 0 aromatic heterocycles. The third-order valence-electron chi connectivity index (χ3n) is 6.22. The topological polar surface area (TPSA) is 80.7 Å². The van der Waals surface area contributed by atoms with Crippen molar-refractivity contribution in [2.45, 2.75) is 25.3 Å². The fourth-order valence-corrected chi connectivity index (χ4v) is 4.18. The molecule has 0 bridgehead atoms. The van der Waals surface area contributed by atoms with Crippen molar-refractivity contribution in [2.75, 3.05) is 41.0 Å². The Morgan fingerprint density at radius 3 is 2.41 bits per heavy atom. The molecule has 1 heterocycles. The number of carbonyl (C=O) groups excluding carboxylic acids is 2. The molecule has 0 saturated heterocycles. The summed E-state index contributed by atoms with van der Waals surface area (Å²) in [5.74, 6) is 1.25. The highest BCUT2D eigenvalue weighted by molar-refractivity contribution is 6.03. The van der Waals surface area contributed by atoms with E-state index in [4.69, 9.17) is 19.3 Å². The van der Waals surface area contributed by atoms with Crippen molar-refractivity contribution in [3.05, 3.63) is 59.7 Å². The van der Waals surface area contributed by atoms with Crippen LogP contribution in [0.5, 0.6) is 11.5 Å². The second-order valence-electron chi connectivity index (χ2n) is 8.50. The summed E-state index contributed by atoms with van der Waals surface area (Å²) in [6.07, 6.45) is 2.29. The van der Waals surface area contributed by atoms with Gasteiger partial charge in [0.1, 0.15) is 18.0 Å². The minimum absolute atomic E-state index is 0.0118. The molecule has 1 aliphatic heterocycles. The number of carbonyl (C=O) groups is 2. The molecule has 0 N–H and O–H groups in total. The van der Waals surface area contributed by atoms with Gasteiger partial charge in [-0.05, 0) is 48.7 Å². The zero-order valence-corrected chi connectivity index (χ0v) is 19.9. The van der Waals surface area contributed by atoms with E-state index in [1.54, 1.807) is 26.2 Å². The van der Waals surface area contributed by atoms with Gasteiger partial charge in [-0.15, -0.1) is 0 Å². The van der Waals surface area contributed by atoms with Crippen LogP contribution in [-0.4, -0.2) is 68.5 Å². The molecule has 2 aromatic rings. The predicted molar refractivity (Wildman–Crippen MR) is 128 cm³/mol. The van der Waals surface area contributed by atoms with Crippen LogP contribution in [0.25, 0.3) is 0 Å². The van der Waals surface area contributed by atoms with Gasteiger partial charge >= 0.3 is 0 Å². The van der Waals surface area contributed by atoms with Crippen molar-refractivity contribution in [2.24, 2.45) is 11.0 Å². The number of hydrogen-bond donors (Lipinski definition) is 0. The van der Waals surface area contributed by atoms with Gasteiger partial charge < -0.3 is 19.1 Å². The Morgan fingerprint density at radius 2 is 1.76 bits per heavy atom. The molecule has 2 aliphatic rings.